The van der Waals surface area contributed by atoms with Crippen molar-refractivity contribution in [3.63, 3.8) is 0 Å². The number of unbranched alkanes of at least 4 members (excludes halogenated alkanes) is 38. The number of allylic oxidation sites excluding steroid dienone is 20. The number of aliphatic hydroxyl groups is 1. The van der Waals surface area contributed by atoms with Gasteiger partial charge in [-0.3, -0.25) is 9.59 Å². The van der Waals surface area contributed by atoms with Crippen molar-refractivity contribution in [2.24, 2.45) is 0 Å². The van der Waals surface area contributed by atoms with E-state index in [9.17, 15) is 14.7 Å². The minimum absolute atomic E-state index is 0.0735. The molecule has 0 rings (SSSR count). The molecule has 0 aliphatic heterocycles. The smallest absolute Gasteiger partial charge is 0.306 e. The molecule has 0 amide bonds. The van der Waals surface area contributed by atoms with Gasteiger partial charge in [0, 0.05) is 12.8 Å². The molecule has 1 atom stereocenters. The van der Waals surface area contributed by atoms with Crippen LogP contribution in [0, 0.1) is 0 Å². The average Bonchev–Trinajstić information content (AvgIpc) is 3.51. The summed E-state index contributed by atoms with van der Waals surface area (Å²) in [6.07, 6.45) is 108. The van der Waals surface area contributed by atoms with Crippen LogP contribution in [0.3, 0.4) is 0 Å². The monoisotopic (exact) mass is 1170 g/mol. The van der Waals surface area contributed by atoms with Crippen molar-refractivity contribution in [3.05, 3.63) is 122 Å². The zero-order chi connectivity index (χ0) is 60.5. The highest BCUT2D eigenvalue weighted by Crippen LogP contribution is 2.18. The van der Waals surface area contributed by atoms with E-state index in [1.807, 2.05) is 0 Å². The third kappa shape index (κ3) is 70.8. The molecule has 1 N–H and O–H groups in total. The van der Waals surface area contributed by atoms with Gasteiger partial charge in [0.2, 0.25) is 0 Å². The third-order valence-corrected chi connectivity index (χ3v) is 15.7. The Morgan fingerprint density at radius 1 is 0.286 bits per heavy atom. The number of hydrogen-bond acceptors (Lipinski definition) is 5. The summed E-state index contributed by atoms with van der Waals surface area (Å²) in [5.74, 6) is -0.596. The van der Waals surface area contributed by atoms with Crippen LogP contribution in [0.5, 0.6) is 0 Å². The van der Waals surface area contributed by atoms with Gasteiger partial charge in [-0.1, -0.05) is 347 Å². The lowest BCUT2D eigenvalue weighted by molar-refractivity contribution is -0.161. The minimum Gasteiger partial charge on any atom is -0.462 e. The van der Waals surface area contributed by atoms with E-state index in [0.29, 0.717) is 12.8 Å². The number of aliphatic hydroxyl groups excluding tert-OH is 1. The van der Waals surface area contributed by atoms with Crippen LogP contribution in [-0.4, -0.2) is 36.4 Å². The van der Waals surface area contributed by atoms with E-state index >= 15 is 0 Å². The molecule has 0 aromatic rings. The summed E-state index contributed by atoms with van der Waals surface area (Å²) in [6, 6.07) is 0. The molecule has 0 aromatic carbocycles. The van der Waals surface area contributed by atoms with E-state index in [2.05, 4.69) is 135 Å². The maximum Gasteiger partial charge on any atom is 0.306 e. The zero-order valence-electron chi connectivity index (χ0n) is 55.4. The molecule has 1 unspecified atom stereocenters. The molecular formula is C79H136O5. The molecule has 0 saturated carbocycles. The molecule has 0 bridgehead atoms. The molecule has 5 heteroatoms. The van der Waals surface area contributed by atoms with Crippen LogP contribution in [0.25, 0.3) is 0 Å². The van der Waals surface area contributed by atoms with Crippen molar-refractivity contribution >= 4 is 11.9 Å². The van der Waals surface area contributed by atoms with Crippen molar-refractivity contribution in [3.8, 4) is 0 Å². The van der Waals surface area contributed by atoms with Crippen LogP contribution in [0.1, 0.15) is 348 Å². The Morgan fingerprint density at radius 2 is 0.512 bits per heavy atom. The first-order valence-corrected chi connectivity index (χ1v) is 36.1. The van der Waals surface area contributed by atoms with Crippen LogP contribution < -0.4 is 0 Å². The van der Waals surface area contributed by atoms with E-state index in [0.717, 1.165) is 103 Å². The van der Waals surface area contributed by atoms with Crippen molar-refractivity contribution in [2.45, 2.75) is 354 Å². The van der Waals surface area contributed by atoms with Crippen molar-refractivity contribution in [1.29, 1.82) is 0 Å². The van der Waals surface area contributed by atoms with Gasteiger partial charge in [0.05, 0.1) is 6.61 Å². The van der Waals surface area contributed by atoms with Gasteiger partial charge in [0.1, 0.15) is 6.61 Å². The molecule has 0 radical (unpaired) electrons. The van der Waals surface area contributed by atoms with Crippen LogP contribution in [-0.2, 0) is 19.1 Å². The van der Waals surface area contributed by atoms with E-state index < -0.39 is 6.10 Å². The highest BCUT2D eigenvalue weighted by Gasteiger charge is 2.16. The molecular weight excluding hydrogens is 1030 g/mol. The van der Waals surface area contributed by atoms with Gasteiger partial charge in [-0.2, -0.15) is 0 Å². The molecule has 0 fully saturated rings. The summed E-state index contributed by atoms with van der Waals surface area (Å²) in [7, 11) is 0. The van der Waals surface area contributed by atoms with E-state index in [4.69, 9.17) is 9.47 Å². The van der Waals surface area contributed by atoms with E-state index in [1.54, 1.807) is 0 Å². The average molecular weight is 1170 g/mol. The number of ether oxygens (including phenoxy) is 2. The Hall–Kier alpha value is -3.70. The third-order valence-electron chi connectivity index (χ3n) is 15.7. The quantitative estimate of drug-likeness (QED) is 0.0373. The Bertz CT molecular complexity index is 1650. The topological polar surface area (TPSA) is 72.8 Å². The molecule has 0 aliphatic rings. The lowest BCUT2D eigenvalue weighted by Gasteiger charge is -2.15. The Morgan fingerprint density at radius 3 is 0.786 bits per heavy atom. The molecule has 84 heavy (non-hydrogen) atoms. The fraction of sp³-hybridized carbons (Fsp3) is 0.722. The van der Waals surface area contributed by atoms with E-state index in [1.165, 1.54) is 218 Å². The van der Waals surface area contributed by atoms with Crippen molar-refractivity contribution in [2.75, 3.05) is 13.2 Å². The molecule has 0 aromatic heterocycles. The lowest BCUT2D eigenvalue weighted by Crippen LogP contribution is -2.28. The summed E-state index contributed by atoms with van der Waals surface area (Å²) in [5, 5.41) is 9.71. The number of carbonyl (C=O) groups excluding carboxylic acids is 2. The van der Waals surface area contributed by atoms with Crippen LogP contribution >= 0.6 is 0 Å². The first-order valence-electron chi connectivity index (χ1n) is 36.1. The summed E-state index contributed by atoms with van der Waals surface area (Å²) in [6.45, 7) is 4.05. The maximum atomic E-state index is 12.4. The first kappa shape index (κ1) is 80.3. The number of hydrogen-bond donors (Lipinski definition) is 1. The van der Waals surface area contributed by atoms with Crippen LogP contribution in [0.2, 0.25) is 0 Å². The summed E-state index contributed by atoms with van der Waals surface area (Å²) >= 11 is 0. The zero-order valence-corrected chi connectivity index (χ0v) is 55.4. The van der Waals surface area contributed by atoms with Gasteiger partial charge in [-0.25, -0.2) is 0 Å². The Kier molecular flexibility index (Phi) is 70.3. The second-order valence-corrected chi connectivity index (χ2v) is 23.9. The fourth-order valence-corrected chi connectivity index (χ4v) is 10.4. The maximum absolute atomic E-state index is 12.4. The van der Waals surface area contributed by atoms with Gasteiger partial charge in [-0.15, -0.1) is 0 Å². The van der Waals surface area contributed by atoms with Gasteiger partial charge in [0.25, 0.3) is 0 Å². The summed E-state index contributed by atoms with van der Waals surface area (Å²) in [5.41, 5.74) is 0. The molecule has 0 heterocycles. The molecule has 0 aliphatic carbocycles. The number of esters is 2. The normalized spacial score (nSPS) is 12.9. The van der Waals surface area contributed by atoms with Crippen molar-refractivity contribution in [1.82, 2.24) is 0 Å². The van der Waals surface area contributed by atoms with Crippen LogP contribution in [0.15, 0.2) is 122 Å². The molecule has 0 spiro atoms. The SMILES string of the molecule is CC/C=C\C/C=C\C/C=C\C/C=C\C/C=C\C/C=C\C/C=C\C/C=C\C/C=C\CCCCCCCCCC(=O)OC(CO)COC(=O)CCCCCCCCCCCCCCCCCCCCCCCCC/C=C\CCCCCCCCCC. The summed E-state index contributed by atoms with van der Waals surface area (Å²) < 4.78 is 10.8. The standard InChI is InChI=1S/C79H136O5/c1-3-5-7-9-11-13-15-17-19-21-23-25-27-29-31-33-35-37-39-41-43-45-47-49-51-53-55-57-59-61-63-65-67-69-71-73-78(81)83-76-77(75-80)84-79(82)74-72-70-68-66-64-62-60-58-56-54-52-50-48-46-44-42-40-38-36-34-32-30-28-26-24-22-20-18-16-14-12-10-8-6-4-2/h6,8,12,14,18,20-21,23-24,26,30,32,36,38,42,44,48,50,54,56,77,80H,3-5,7,9-11,13,15-17,19,22,25,27-29,31,33-35,37,39-41,43,45-47,49,51-53,55,57-76H2,1-2H3/b8-6-,14-12-,20-18-,23-21-,26-24-,32-30-,38-36-,44-42-,50-48-,56-54-. The number of rotatable bonds is 66. The molecule has 482 valence electrons. The second-order valence-electron chi connectivity index (χ2n) is 23.9. The van der Waals surface area contributed by atoms with Gasteiger partial charge >= 0.3 is 11.9 Å². The van der Waals surface area contributed by atoms with Crippen LogP contribution in [0.4, 0.5) is 0 Å². The predicted molar refractivity (Wildman–Crippen MR) is 371 cm³/mol. The predicted octanol–water partition coefficient (Wildman–Crippen LogP) is 25.3. The largest absolute Gasteiger partial charge is 0.462 e. The Labute approximate surface area is 522 Å². The van der Waals surface area contributed by atoms with Crippen molar-refractivity contribution < 1.29 is 24.2 Å². The molecule has 0 saturated heterocycles. The number of carbonyl (C=O) groups is 2. The Balaban J connectivity index is 3.50. The van der Waals surface area contributed by atoms with E-state index in [-0.39, 0.29) is 25.2 Å². The van der Waals surface area contributed by atoms with Gasteiger partial charge < -0.3 is 14.6 Å². The first-order chi connectivity index (χ1) is 41.6. The highest BCUT2D eigenvalue weighted by molar-refractivity contribution is 5.70. The second kappa shape index (κ2) is 73.6. The lowest BCUT2D eigenvalue weighted by atomic mass is 10.0. The fourth-order valence-electron chi connectivity index (χ4n) is 10.4. The van der Waals surface area contributed by atoms with Gasteiger partial charge in [-0.05, 0) is 109 Å². The van der Waals surface area contributed by atoms with Gasteiger partial charge in [0.15, 0.2) is 6.10 Å². The molecule has 5 nitrogen and oxygen atoms in total. The minimum atomic E-state index is -0.787. The highest BCUT2D eigenvalue weighted by atomic mass is 16.6. The summed E-state index contributed by atoms with van der Waals surface area (Å²) in [4.78, 5) is 24.7.